The highest BCUT2D eigenvalue weighted by molar-refractivity contribution is 7.13. The van der Waals surface area contributed by atoms with E-state index in [0.717, 1.165) is 33.0 Å². The predicted molar refractivity (Wildman–Crippen MR) is 115 cm³/mol. The molecule has 3 aromatic carbocycles. The maximum atomic E-state index is 12.4. The molecule has 0 saturated heterocycles. The summed E-state index contributed by atoms with van der Waals surface area (Å²) in [7, 11) is 0. The standard InChI is InChI=1S/C24H20N2OS/c1-17-7-5-11-20(13-17)23(27)25-15-18-8-6-12-21(14-18)24-26-22(16-28-24)19-9-3-2-4-10-19/h2-14,16H,15H2,1H3,(H,25,27). The van der Waals surface area contributed by atoms with Crippen molar-refractivity contribution in [3.8, 4) is 21.8 Å². The van der Waals surface area contributed by atoms with Crippen molar-refractivity contribution in [3.63, 3.8) is 0 Å². The third kappa shape index (κ3) is 4.18. The number of benzene rings is 3. The summed E-state index contributed by atoms with van der Waals surface area (Å²) in [5.74, 6) is -0.0604. The van der Waals surface area contributed by atoms with E-state index in [9.17, 15) is 4.79 Å². The molecule has 0 spiro atoms. The van der Waals surface area contributed by atoms with E-state index in [2.05, 4.69) is 35.0 Å². The van der Waals surface area contributed by atoms with Crippen molar-refractivity contribution in [3.05, 3.63) is 101 Å². The van der Waals surface area contributed by atoms with Gasteiger partial charge in [-0.15, -0.1) is 11.3 Å². The normalized spacial score (nSPS) is 10.6. The third-order valence-corrected chi connectivity index (χ3v) is 5.37. The first-order valence-electron chi connectivity index (χ1n) is 9.14. The minimum atomic E-state index is -0.0604. The molecule has 0 bridgehead atoms. The molecule has 0 aliphatic heterocycles. The van der Waals surface area contributed by atoms with E-state index < -0.39 is 0 Å². The van der Waals surface area contributed by atoms with Gasteiger partial charge < -0.3 is 5.32 Å². The summed E-state index contributed by atoms with van der Waals surface area (Å²) in [5.41, 5.74) is 5.98. The number of rotatable bonds is 5. The Hall–Kier alpha value is -3.24. The topological polar surface area (TPSA) is 42.0 Å². The summed E-state index contributed by atoms with van der Waals surface area (Å²) >= 11 is 1.63. The first-order valence-corrected chi connectivity index (χ1v) is 10.0. The SMILES string of the molecule is Cc1cccc(C(=O)NCc2cccc(-c3nc(-c4ccccc4)cs3)c2)c1. The Morgan fingerprint density at radius 3 is 2.54 bits per heavy atom. The second kappa shape index (κ2) is 8.19. The van der Waals surface area contributed by atoms with Crippen molar-refractivity contribution >= 4 is 17.2 Å². The van der Waals surface area contributed by atoms with Crippen LogP contribution in [0.4, 0.5) is 0 Å². The number of aryl methyl sites for hydroxylation is 1. The van der Waals surface area contributed by atoms with Gasteiger partial charge in [0.05, 0.1) is 5.69 Å². The fourth-order valence-electron chi connectivity index (χ4n) is 3.03. The zero-order valence-corrected chi connectivity index (χ0v) is 16.4. The van der Waals surface area contributed by atoms with Crippen LogP contribution < -0.4 is 5.32 Å². The quantitative estimate of drug-likeness (QED) is 0.478. The fourth-order valence-corrected chi connectivity index (χ4v) is 3.86. The average Bonchev–Trinajstić information content (AvgIpc) is 3.23. The summed E-state index contributed by atoms with van der Waals surface area (Å²) < 4.78 is 0. The molecule has 1 aromatic heterocycles. The molecule has 0 radical (unpaired) electrons. The van der Waals surface area contributed by atoms with Crippen LogP contribution in [0, 0.1) is 6.92 Å². The molecule has 0 atom stereocenters. The van der Waals surface area contributed by atoms with Gasteiger partial charge in [0.25, 0.3) is 5.91 Å². The van der Waals surface area contributed by atoms with Gasteiger partial charge in [-0.25, -0.2) is 4.98 Å². The lowest BCUT2D eigenvalue weighted by Crippen LogP contribution is -2.22. The molecule has 28 heavy (non-hydrogen) atoms. The summed E-state index contributed by atoms with van der Waals surface area (Å²) in [4.78, 5) is 17.1. The number of aromatic nitrogens is 1. The molecule has 138 valence electrons. The fraction of sp³-hybridized carbons (Fsp3) is 0.0833. The molecule has 0 unspecified atom stereocenters. The van der Waals surface area contributed by atoms with Crippen LogP contribution in [0.1, 0.15) is 21.5 Å². The van der Waals surface area contributed by atoms with E-state index in [1.807, 2.05) is 61.5 Å². The van der Waals surface area contributed by atoms with E-state index >= 15 is 0 Å². The number of hydrogen-bond donors (Lipinski definition) is 1. The lowest BCUT2D eigenvalue weighted by Gasteiger charge is -2.07. The second-order valence-electron chi connectivity index (χ2n) is 6.66. The van der Waals surface area contributed by atoms with Crippen LogP contribution in [0.2, 0.25) is 0 Å². The third-order valence-electron chi connectivity index (χ3n) is 4.48. The van der Waals surface area contributed by atoms with Gasteiger partial charge in [-0.3, -0.25) is 4.79 Å². The number of carbonyl (C=O) groups is 1. The van der Waals surface area contributed by atoms with Crippen molar-refractivity contribution < 1.29 is 4.79 Å². The highest BCUT2D eigenvalue weighted by Crippen LogP contribution is 2.29. The van der Waals surface area contributed by atoms with Gasteiger partial charge in [-0.2, -0.15) is 0 Å². The summed E-state index contributed by atoms with van der Waals surface area (Å²) in [5, 5.41) is 6.05. The molecule has 0 aliphatic carbocycles. The molecule has 1 amide bonds. The van der Waals surface area contributed by atoms with Crippen molar-refractivity contribution in [2.24, 2.45) is 0 Å². The number of nitrogens with one attached hydrogen (secondary N) is 1. The van der Waals surface area contributed by atoms with E-state index in [1.165, 1.54) is 0 Å². The molecule has 0 aliphatic rings. The lowest BCUT2D eigenvalue weighted by molar-refractivity contribution is 0.0951. The number of hydrogen-bond acceptors (Lipinski definition) is 3. The van der Waals surface area contributed by atoms with Crippen molar-refractivity contribution in [1.82, 2.24) is 10.3 Å². The molecular weight excluding hydrogens is 364 g/mol. The molecule has 1 heterocycles. The molecular formula is C24H20N2OS. The van der Waals surface area contributed by atoms with Gasteiger partial charge in [-0.05, 0) is 30.7 Å². The Labute approximate surface area is 168 Å². The van der Waals surface area contributed by atoms with Gasteiger partial charge >= 0.3 is 0 Å². The molecule has 0 fully saturated rings. The zero-order chi connectivity index (χ0) is 19.3. The zero-order valence-electron chi connectivity index (χ0n) is 15.6. The van der Waals surface area contributed by atoms with Gasteiger partial charge in [0, 0.05) is 28.6 Å². The Bertz CT molecular complexity index is 1100. The van der Waals surface area contributed by atoms with Crippen molar-refractivity contribution in [1.29, 1.82) is 0 Å². The van der Waals surface area contributed by atoms with E-state index in [1.54, 1.807) is 11.3 Å². The summed E-state index contributed by atoms with van der Waals surface area (Å²) in [6.45, 7) is 2.47. The minimum Gasteiger partial charge on any atom is -0.348 e. The molecule has 4 rings (SSSR count). The average molecular weight is 385 g/mol. The molecule has 4 heteroatoms. The smallest absolute Gasteiger partial charge is 0.251 e. The molecule has 0 saturated carbocycles. The maximum absolute atomic E-state index is 12.4. The first kappa shape index (κ1) is 18.1. The van der Waals surface area contributed by atoms with Crippen LogP contribution in [0.15, 0.2) is 84.2 Å². The van der Waals surface area contributed by atoms with E-state index in [-0.39, 0.29) is 5.91 Å². The van der Waals surface area contributed by atoms with Gasteiger partial charge in [0.1, 0.15) is 5.01 Å². The van der Waals surface area contributed by atoms with E-state index in [0.29, 0.717) is 12.1 Å². The highest BCUT2D eigenvalue weighted by Gasteiger charge is 2.09. The Balaban J connectivity index is 1.48. The van der Waals surface area contributed by atoms with Gasteiger partial charge in [0.15, 0.2) is 0 Å². The van der Waals surface area contributed by atoms with Crippen molar-refractivity contribution in [2.75, 3.05) is 0 Å². The maximum Gasteiger partial charge on any atom is 0.251 e. The van der Waals surface area contributed by atoms with E-state index in [4.69, 9.17) is 4.98 Å². The summed E-state index contributed by atoms with van der Waals surface area (Å²) in [6, 6.07) is 26.0. The Morgan fingerprint density at radius 1 is 0.929 bits per heavy atom. The Kier molecular flexibility index (Phi) is 5.31. The lowest BCUT2D eigenvalue weighted by atomic mass is 10.1. The monoisotopic (exact) mass is 384 g/mol. The molecule has 1 N–H and O–H groups in total. The van der Waals surface area contributed by atoms with Gasteiger partial charge in [-0.1, -0.05) is 66.2 Å². The number of thiazole rings is 1. The highest BCUT2D eigenvalue weighted by atomic mass is 32.1. The van der Waals surface area contributed by atoms with Crippen LogP contribution >= 0.6 is 11.3 Å². The van der Waals surface area contributed by atoms with Crippen LogP contribution in [-0.2, 0) is 6.54 Å². The number of carbonyl (C=O) groups excluding carboxylic acids is 1. The molecule has 4 aromatic rings. The Morgan fingerprint density at radius 2 is 1.71 bits per heavy atom. The first-order chi connectivity index (χ1) is 13.7. The summed E-state index contributed by atoms with van der Waals surface area (Å²) in [6.07, 6.45) is 0. The second-order valence-corrected chi connectivity index (χ2v) is 7.51. The van der Waals surface area contributed by atoms with Crippen LogP contribution in [-0.4, -0.2) is 10.9 Å². The van der Waals surface area contributed by atoms with Crippen LogP contribution in [0.3, 0.4) is 0 Å². The predicted octanol–water partition coefficient (Wildman–Crippen LogP) is 5.72. The number of nitrogens with zero attached hydrogens (tertiary/aromatic N) is 1. The van der Waals surface area contributed by atoms with Crippen molar-refractivity contribution in [2.45, 2.75) is 13.5 Å². The van der Waals surface area contributed by atoms with Gasteiger partial charge in [0.2, 0.25) is 0 Å². The minimum absolute atomic E-state index is 0.0604. The van der Waals surface area contributed by atoms with Crippen LogP contribution in [0.5, 0.6) is 0 Å². The number of amides is 1. The van der Waals surface area contributed by atoms with Crippen LogP contribution in [0.25, 0.3) is 21.8 Å². The molecule has 3 nitrogen and oxygen atoms in total. The largest absolute Gasteiger partial charge is 0.348 e.